The molecule has 0 bridgehead atoms. The average Bonchev–Trinajstić information content (AvgIpc) is 2.27. The molecule has 1 aliphatic carbocycles. The molecule has 0 aliphatic heterocycles. The summed E-state index contributed by atoms with van der Waals surface area (Å²) in [5.74, 6) is 0.547. The normalized spacial score (nSPS) is 26.5. The van der Waals surface area contributed by atoms with E-state index in [-0.39, 0.29) is 5.60 Å². The van der Waals surface area contributed by atoms with E-state index in [9.17, 15) is 0 Å². The van der Waals surface area contributed by atoms with Gasteiger partial charge in [-0.25, -0.2) is 0 Å². The van der Waals surface area contributed by atoms with Gasteiger partial charge in [-0.15, -0.1) is 0 Å². The molecular weight excluding hydrogens is 214 g/mol. The Bertz CT molecular complexity index is 205. The van der Waals surface area contributed by atoms with Gasteiger partial charge >= 0.3 is 0 Å². The first-order chi connectivity index (χ1) is 7.92. The quantitative estimate of drug-likeness (QED) is 0.804. The highest BCUT2D eigenvalue weighted by Crippen LogP contribution is 2.26. The Morgan fingerprint density at radius 3 is 2.24 bits per heavy atom. The van der Waals surface area contributed by atoms with E-state index in [0.717, 1.165) is 13.2 Å². The minimum Gasteiger partial charge on any atom is -0.396 e. The van der Waals surface area contributed by atoms with Crippen LogP contribution in [0.1, 0.15) is 46.5 Å². The SMILES string of the molecule is CN(CCOC(C)(C)C)C1CCC(CO)CC1. The molecule has 1 fully saturated rings. The van der Waals surface area contributed by atoms with Crippen molar-refractivity contribution in [1.29, 1.82) is 0 Å². The van der Waals surface area contributed by atoms with Gasteiger partial charge < -0.3 is 14.7 Å². The summed E-state index contributed by atoms with van der Waals surface area (Å²) in [7, 11) is 2.19. The van der Waals surface area contributed by atoms with Gasteiger partial charge in [-0.2, -0.15) is 0 Å². The second-order valence-electron chi connectivity index (χ2n) is 6.30. The van der Waals surface area contributed by atoms with Crippen molar-refractivity contribution in [2.45, 2.75) is 58.1 Å². The van der Waals surface area contributed by atoms with Gasteiger partial charge in [0.05, 0.1) is 12.2 Å². The third-order valence-corrected chi connectivity index (χ3v) is 3.68. The first-order valence-electron chi connectivity index (χ1n) is 6.87. The standard InChI is InChI=1S/C14H29NO2/c1-14(2,3)17-10-9-15(4)13-7-5-12(11-16)6-8-13/h12-13,16H,5-11H2,1-4H3. The number of aliphatic hydroxyl groups excluding tert-OH is 1. The van der Waals surface area contributed by atoms with Gasteiger partial charge in [0.15, 0.2) is 0 Å². The molecule has 0 atom stereocenters. The van der Waals surface area contributed by atoms with E-state index in [2.05, 4.69) is 32.7 Å². The molecule has 0 radical (unpaired) electrons. The van der Waals surface area contributed by atoms with Gasteiger partial charge in [0.1, 0.15) is 0 Å². The lowest BCUT2D eigenvalue weighted by molar-refractivity contribution is -0.0171. The zero-order valence-electron chi connectivity index (χ0n) is 11.9. The van der Waals surface area contributed by atoms with Crippen molar-refractivity contribution in [1.82, 2.24) is 4.90 Å². The first-order valence-corrected chi connectivity index (χ1v) is 6.87. The van der Waals surface area contributed by atoms with Crippen LogP contribution in [-0.4, -0.2) is 48.5 Å². The number of nitrogens with zero attached hydrogens (tertiary/aromatic N) is 1. The zero-order chi connectivity index (χ0) is 12.9. The Morgan fingerprint density at radius 1 is 1.18 bits per heavy atom. The van der Waals surface area contributed by atoms with Crippen LogP contribution < -0.4 is 0 Å². The van der Waals surface area contributed by atoms with Gasteiger partial charge in [-0.05, 0) is 59.4 Å². The molecule has 0 aromatic carbocycles. The Balaban J connectivity index is 2.18. The van der Waals surface area contributed by atoms with E-state index in [1.165, 1.54) is 25.7 Å². The average molecular weight is 243 g/mol. The highest BCUT2D eigenvalue weighted by Gasteiger charge is 2.23. The molecule has 0 aromatic rings. The van der Waals surface area contributed by atoms with Crippen molar-refractivity contribution in [2.24, 2.45) is 5.92 Å². The molecule has 0 heterocycles. The zero-order valence-corrected chi connectivity index (χ0v) is 11.9. The highest BCUT2D eigenvalue weighted by atomic mass is 16.5. The van der Waals surface area contributed by atoms with E-state index in [0.29, 0.717) is 18.6 Å². The molecule has 102 valence electrons. The monoisotopic (exact) mass is 243 g/mol. The summed E-state index contributed by atoms with van der Waals surface area (Å²) < 4.78 is 5.75. The van der Waals surface area contributed by atoms with Crippen LogP contribution in [0.15, 0.2) is 0 Å². The van der Waals surface area contributed by atoms with Crippen molar-refractivity contribution in [3.05, 3.63) is 0 Å². The lowest BCUT2D eigenvalue weighted by Gasteiger charge is -2.34. The van der Waals surface area contributed by atoms with Crippen LogP contribution in [0.4, 0.5) is 0 Å². The Morgan fingerprint density at radius 2 is 1.76 bits per heavy atom. The topological polar surface area (TPSA) is 32.7 Å². The summed E-state index contributed by atoms with van der Waals surface area (Å²) in [5.41, 5.74) is -0.0324. The van der Waals surface area contributed by atoms with Crippen molar-refractivity contribution < 1.29 is 9.84 Å². The highest BCUT2D eigenvalue weighted by molar-refractivity contribution is 4.78. The molecule has 0 saturated heterocycles. The van der Waals surface area contributed by atoms with Crippen LogP contribution in [0, 0.1) is 5.92 Å². The number of hydrogen-bond acceptors (Lipinski definition) is 3. The minimum atomic E-state index is -0.0324. The van der Waals surface area contributed by atoms with Crippen LogP contribution in [0.25, 0.3) is 0 Å². The van der Waals surface area contributed by atoms with Crippen LogP contribution in [0.2, 0.25) is 0 Å². The maximum atomic E-state index is 9.11. The lowest BCUT2D eigenvalue weighted by atomic mass is 9.86. The maximum Gasteiger partial charge on any atom is 0.0600 e. The third kappa shape index (κ3) is 5.84. The minimum absolute atomic E-state index is 0.0324. The molecule has 17 heavy (non-hydrogen) atoms. The second kappa shape index (κ2) is 6.72. The van der Waals surface area contributed by atoms with Crippen LogP contribution in [-0.2, 0) is 4.74 Å². The first kappa shape index (κ1) is 14.9. The molecule has 1 saturated carbocycles. The predicted molar refractivity (Wildman–Crippen MR) is 71.2 cm³/mol. The van der Waals surface area contributed by atoms with E-state index in [4.69, 9.17) is 9.84 Å². The Labute approximate surface area is 106 Å². The van der Waals surface area contributed by atoms with Gasteiger partial charge in [0.2, 0.25) is 0 Å². The number of likely N-dealkylation sites (N-methyl/N-ethyl adjacent to an activating group) is 1. The van der Waals surface area contributed by atoms with Gasteiger partial charge in [0.25, 0.3) is 0 Å². The predicted octanol–water partition coefficient (Wildman–Crippen LogP) is 2.28. The van der Waals surface area contributed by atoms with E-state index in [1.54, 1.807) is 0 Å². The van der Waals surface area contributed by atoms with Crippen molar-refractivity contribution >= 4 is 0 Å². The van der Waals surface area contributed by atoms with Gasteiger partial charge in [-0.1, -0.05) is 0 Å². The lowest BCUT2D eigenvalue weighted by Crippen LogP contribution is -2.38. The van der Waals surface area contributed by atoms with Crippen LogP contribution in [0.5, 0.6) is 0 Å². The number of hydrogen-bond donors (Lipinski definition) is 1. The van der Waals surface area contributed by atoms with Crippen molar-refractivity contribution in [3.8, 4) is 0 Å². The fourth-order valence-electron chi connectivity index (χ4n) is 2.45. The van der Waals surface area contributed by atoms with E-state index < -0.39 is 0 Å². The van der Waals surface area contributed by atoms with Crippen molar-refractivity contribution in [2.75, 3.05) is 26.8 Å². The summed E-state index contributed by atoms with van der Waals surface area (Å²) >= 11 is 0. The molecule has 0 aromatic heterocycles. The number of aliphatic hydroxyl groups is 1. The van der Waals surface area contributed by atoms with Gasteiger partial charge in [0, 0.05) is 19.2 Å². The molecule has 1 rings (SSSR count). The van der Waals surface area contributed by atoms with Crippen molar-refractivity contribution in [3.63, 3.8) is 0 Å². The summed E-state index contributed by atoms with van der Waals surface area (Å²) in [6, 6.07) is 0.682. The van der Waals surface area contributed by atoms with E-state index in [1.807, 2.05) is 0 Å². The summed E-state index contributed by atoms with van der Waals surface area (Å²) in [4.78, 5) is 2.42. The molecule has 0 spiro atoms. The summed E-state index contributed by atoms with van der Waals surface area (Å²) in [6.45, 7) is 8.47. The molecule has 1 N–H and O–H groups in total. The number of rotatable bonds is 5. The molecule has 0 amide bonds. The van der Waals surface area contributed by atoms with Crippen LogP contribution in [0.3, 0.4) is 0 Å². The Hall–Kier alpha value is -0.120. The van der Waals surface area contributed by atoms with Crippen LogP contribution >= 0.6 is 0 Å². The smallest absolute Gasteiger partial charge is 0.0600 e. The second-order valence-corrected chi connectivity index (χ2v) is 6.30. The largest absolute Gasteiger partial charge is 0.396 e. The third-order valence-electron chi connectivity index (χ3n) is 3.68. The summed E-state index contributed by atoms with van der Waals surface area (Å²) in [5, 5.41) is 9.11. The molecular formula is C14H29NO2. The fraction of sp³-hybridized carbons (Fsp3) is 1.00. The molecule has 3 nitrogen and oxygen atoms in total. The molecule has 1 aliphatic rings. The van der Waals surface area contributed by atoms with Gasteiger partial charge in [-0.3, -0.25) is 0 Å². The van der Waals surface area contributed by atoms with E-state index >= 15 is 0 Å². The maximum absolute atomic E-state index is 9.11. The number of ether oxygens (including phenoxy) is 1. The fourth-order valence-corrected chi connectivity index (χ4v) is 2.45. The molecule has 3 heteroatoms. The summed E-state index contributed by atoms with van der Waals surface area (Å²) in [6.07, 6.45) is 4.78. The Kier molecular flexibility index (Phi) is 5.90. The molecule has 0 unspecified atom stereocenters.